The smallest absolute Gasteiger partial charge is 0.165 e. The molecule has 2 aromatic rings. The van der Waals surface area contributed by atoms with E-state index in [-0.39, 0.29) is 16.7 Å². The van der Waals surface area contributed by atoms with Gasteiger partial charge in [0.05, 0.1) is 22.2 Å². The van der Waals surface area contributed by atoms with Crippen molar-refractivity contribution in [2.24, 2.45) is 0 Å². The standard InChI is InChI=1S/C12H9BrClNO2S/c1-5(12(17)18)10-8(13)3-6-2-7(16)4-9(14)11(6)15-10/h2-5,16H,1H3,(H,17,18). The number of benzene rings is 1. The number of rotatable bonds is 2. The maximum absolute atomic E-state index is 9.48. The Bertz CT molecular complexity index is 648. The van der Waals surface area contributed by atoms with Crippen molar-refractivity contribution in [3.8, 4) is 5.75 Å². The highest BCUT2D eigenvalue weighted by Gasteiger charge is 2.17. The molecule has 0 amide bonds. The molecule has 0 aliphatic carbocycles. The third kappa shape index (κ3) is 2.43. The number of phenolic OH excluding ortho intramolecular Hbond substituents is 1. The lowest BCUT2D eigenvalue weighted by atomic mass is 10.1. The lowest BCUT2D eigenvalue weighted by Crippen LogP contribution is -2.08. The van der Waals surface area contributed by atoms with Gasteiger partial charge >= 0.3 is 0 Å². The van der Waals surface area contributed by atoms with Gasteiger partial charge in [-0.1, -0.05) is 11.6 Å². The van der Waals surface area contributed by atoms with Crippen LogP contribution in [-0.4, -0.2) is 20.2 Å². The van der Waals surface area contributed by atoms with Crippen molar-refractivity contribution in [3.05, 3.63) is 33.4 Å². The molecule has 2 rings (SSSR count). The fourth-order valence-electron chi connectivity index (χ4n) is 1.64. The first kappa shape index (κ1) is 13.5. The van der Waals surface area contributed by atoms with Crippen molar-refractivity contribution in [1.29, 1.82) is 0 Å². The summed E-state index contributed by atoms with van der Waals surface area (Å²) in [5.41, 5.74) is 1.18. The summed E-state index contributed by atoms with van der Waals surface area (Å²) in [5.74, 6) is -0.289. The number of aliphatic hydroxyl groups excluding tert-OH is 1. The number of pyridine rings is 1. The number of nitrogens with zero attached hydrogens (tertiary/aromatic N) is 1. The number of hydrogen-bond donors (Lipinski definition) is 2. The number of aliphatic hydroxyl groups is 1. The van der Waals surface area contributed by atoms with Gasteiger partial charge in [-0.2, -0.15) is 0 Å². The molecule has 0 bridgehead atoms. The molecule has 6 heteroatoms. The monoisotopic (exact) mass is 345 g/mol. The van der Waals surface area contributed by atoms with Crippen LogP contribution in [-0.2, 0) is 0 Å². The second-order valence-electron chi connectivity index (χ2n) is 3.91. The van der Waals surface area contributed by atoms with Crippen LogP contribution in [0.1, 0.15) is 18.5 Å². The zero-order valence-corrected chi connectivity index (χ0v) is 12.5. The predicted octanol–water partition coefficient (Wildman–Crippen LogP) is 4.35. The quantitative estimate of drug-likeness (QED) is 0.794. The molecule has 0 saturated carbocycles. The summed E-state index contributed by atoms with van der Waals surface area (Å²) >= 11 is 14.2. The van der Waals surface area contributed by atoms with Gasteiger partial charge in [0.25, 0.3) is 0 Å². The number of phenols is 1. The second-order valence-corrected chi connectivity index (χ2v) is 5.59. The Balaban J connectivity index is 2.72. The first-order chi connectivity index (χ1) is 8.40. The molecule has 18 heavy (non-hydrogen) atoms. The Morgan fingerprint density at radius 2 is 2.11 bits per heavy atom. The van der Waals surface area contributed by atoms with E-state index in [2.05, 4.69) is 20.9 Å². The third-order valence-corrected chi connectivity index (χ3v) is 3.89. The number of thiocarbonyl (C=S) groups is 1. The fourth-order valence-corrected chi connectivity index (χ4v) is 2.69. The SMILES string of the molecule is CC(C(O)=S)c1nc2c(Cl)cc(O)cc2cc1Br. The van der Waals surface area contributed by atoms with Crippen molar-refractivity contribution in [1.82, 2.24) is 4.98 Å². The van der Waals surface area contributed by atoms with Crippen LogP contribution in [0, 0.1) is 0 Å². The molecule has 1 aromatic heterocycles. The number of hydrogen-bond acceptors (Lipinski definition) is 3. The Kier molecular flexibility index (Phi) is 3.75. The van der Waals surface area contributed by atoms with Gasteiger partial charge in [-0.05, 0) is 47.2 Å². The predicted molar refractivity (Wildman–Crippen MR) is 79.8 cm³/mol. The highest BCUT2D eigenvalue weighted by Crippen LogP contribution is 2.33. The van der Waals surface area contributed by atoms with Gasteiger partial charge in [0, 0.05) is 15.9 Å². The maximum Gasteiger partial charge on any atom is 0.165 e. The molecule has 0 saturated heterocycles. The summed E-state index contributed by atoms with van der Waals surface area (Å²) in [7, 11) is 0. The highest BCUT2D eigenvalue weighted by molar-refractivity contribution is 9.10. The van der Waals surface area contributed by atoms with Crippen molar-refractivity contribution in [2.75, 3.05) is 0 Å². The van der Waals surface area contributed by atoms with E-state index in [1.807, 2.05) is 0 Å². The normalized spacial score (nSPS) is 12.6. The summed E-state index contributed by atoms with van der Waals surface area (Å²) in [5, 5.41) is 19.8. The van der Waals surface area contributed by atoms with Crippen LogP contribution in [0.3, 0.4) is 0 Å². The minimum atomic E-state index is -0.372. The summed E-state index contributed by atoms with van der Waals surface area (Å²) in [4.78, 5) is 4.40. The number of halogens is 2. The van der Waals surface area contributed by atoms with Gasteiger partial charge in [-0.3, -0.25) is 0 Å². The molecule has 0 fully saturated rings. The van der Waals surface area contributed by atoms with Gasteiger partial charge in [0.15, 0.2) is 5.05 Å². The van der Waals surface area contributed by atoms with Crippen LogP contribution in [0.4, 0.5) is 0 Å². The van der Waals surface area contributed by atoms with Crippen LogP contribution in [0.5, 0.6) is 5.75 Å². The van der Waals surface area contributed by atoms with E-state index in [0.29, 0.717) is 26.1 Å². The van der Waals surface area contributed by atoms with Crippen LogP contribution in [0.15, 0.2) is 22.7 Å². The minimum Gasteiger partial charge on any atom is -0.508 e. The number of aromatic nitrogens is 1. The van der Waals surface area contributed by atoms with E-state index < -0.39 is 0 Å². The van der Waals surface area contributed by atoms with Crippen LogP contribution in [0.2, 0.25) is 5.02 Å². The average molecular weight is 347 g/mol. The summed E-state index contributed by atoms with van der Waals surface area (Å²) < 4.78 is 0.709. The van der Waals surface area contributed by atoms with Crippen LogP contribution >= 0.6 is 39.7 Å². The van der Waals surface area contributed by atoms with Crippen LogP contribution in [0.25, 0.3) is 10.9 Å². The lowest BCUT2D eigenvalue weighted by Gasteiger charge is -2.12. The molecule has 1 aromatic carbocycles. The first-order valence-electron chi connectivity index (χ1n) is 5.11. The molecule has 0 aliphatic heterocycles. The molecule has 1 unspecified atom stereocenters. The van der Waals surface area contributed by atoms with Gasteiger partial charge in [0.1, 0.15) is 5.75 Å². The van der Waals surface area contributed by atoms with E-state index in [4.69, 9.17) is 23.8 Å². The molecule has 0 spiro atoms. The minimum absolute atomic E-state index is 0.0830. The zero-order chi connectivity index (χ0) is 13.4. The van der Waals surface area contributed by atoms with E-state index in [1.54, 1.807) is 19.1 Å². The van der Waals surface area contributed by atoms with E-state index >= 15 is 0 Å². The molecular weight excluding hydrogens is 338 g/mol. The molecule has 1 heterocycles. The first-order valence-corrected chi connectivity index (χ1v) is 6.69. The molecular formula is C12H9BrClNO2S. The molecule has 3 nitrogen and oxygen atoms in total. The fraction of sp³-hybridized carbons (Fsp3) is 0.167. The van der Waals surface area contributed by atoms with Gasteiger partial charge in [-0.15, -0.1) is 0 Å². The van der Waals surface area contributed by atoms with Crippen molar-refractivity contribution in [2.45, 2.75) is 12.8 Å². The molecule has 1 atom stereocenters. The topological polar surface area (TPSA) is 53.4 Å². The Labute approximate surface area is 123 Å². The molecule has 2 N–H and O–H groups in total. The summed E-state index contributed by atoms with van der Waals surface area (Å²) in [6.45, 7) is 1.76. The molecule has 0 aliphatic rings. The van der Waals surface area contributed by atoms with Crippen molar-refractivity contribution >= 4 is 55.7 Å². The number of aromatic hydroxyl groups is 1. The van der Waals surface area contributed by atoms with Gasteiger partial charge < -0.3 is 10.2 Å². The molecule has 94 valence electrons. The lowest BCUT2D eigenvalue weighted by molar-refractivity contribution is 0.476. The summed E-state index contributed by atoms with van der Waals surface area (Å²) in [6.07, 6.45) is 0. The van der Waals surface area contributed by atoms with Crippen molar-refractivity contribution in [3.63, 3.8) is 0 Å². The maximum atomic E-state index is 9.48. The Morgan fingerprint density at radius 3 is 2.72 bits per heavy atom. The summed E-state index contributed by atoms with van der Waals surface area (Å²) in [6, 6.07) is 4.79. The zero-order valence-electron chi connectivity index (χ0n) is 9.32. The van der Waals surface area contributed by atoms with E-state index in [0.717, 1.165) is 0 Å². The highest BCUT2D eigenvalue weighted by atomic mass is 79.9. The Hall–Kier alpha value is -0.910. The van der Waals surface area contributed by atoms with Gasteiger partial charge in [-0.25, -0.2) is 4.98 Å². The van der Waals surface area contributed by atoms with E-state index in [1.165, 1.54) is 6.07 Å². The van der Waals surface area contributed by atoms with E-state index in [9.17, 15) is 10.2 Å². The average Bonchev–Trinajstić information content (AvgIpc) is 2.26. The molecule has 0 radical (unpaired) electrons. The number of fused-ring (bicyclic) bond motifs is 1. The Morgan fingerprint density at radius 1 is 1.44 bits per heavy atom. The third-order valence-electron chi connectivity index (χ3n) is 2.62. The van der Waals surface area contributed by atoms with Gasteiger partial charge in [0.2, 0.25) is 0 Å². The second kappa shape index (κ2) is 4.99. The largest absolute Gasteiger partial charge is 0.508 e. The van der Waals surface area contributed by atoms with Crippen LogP contribution < -0.4 is 0 Å². The van der Waals surface area contributed by atoms with Crippen molar-refractivity contribution < 1.29 is 10.2 Å².